The lowest BCUT2D eigenvalue weighted by Gasteiger charge is -2.26. The maximum absolute atomic E-state index is 12.1. The minimum atomic E-state index is 0. The predicted molar refractivity (Wildman–Crippen MR) is 78.1 cm³/mol. The highest BCUT2D eigenvalue weighted by atomic mass is 35.5. The molecule has 3 unspecified atom stereocenters. The summed E-state index contributed by atoms with van der Waals surface area (Å²) in [6.07, 6.45) is 3.95. The number of rotatable bonds is 3. The van der Waals surface area contributed by atoms with E-state index in [0.29, 0.717) is 0 Å². The van der Waals surface area contributed by atoms with Gasteiger partial charge in [-0.1, -0.05) is 12.5 Å². The van der Waals surface area contributed by atoms with Crippen molar-refractivity contribution in [2.75, 3.05) is 0 Å². The summed E-state index contributed by atoms with van der Waals surface area (Å²) in [7, 11) is 0. The lowest BCUT2D eigenvalue weighted by molar-refractivity contribution is -0.126. The molecule has 3 N–H and O–H groups in total. The topological polar surface area (TPSA) is 55.1 Å². The van der Waals surface area contributed by atoms with Crippen LogP contribution in [0.25, 0.3) is 0 Å². The van der Waals surface area contributed by atoms with Gasteiger partial charge in [0.2, 0.25) is 5.91 Å². The number of nitrogens with two attached hydrogens (primary N) is 1. The van der Waals surface area contributed by atoms with E-state index in [4.69, 9.17) is 5.73 Å². The largest absolute Gasteiger partial charge is 0.349 e. The van der Waals surface area contributed by atoms with Crippen molar-refractivity contribution in [3.8, 4) is 0 Å². The van der Waals surface area contributed by atoms with Crippen LogP contribution < -0.4 is 11.1 Å². The molecular formula is C13H21ClN2OS. The van der Waals surface area contributed by atoms with Crippen LogP contribution in [0.3, 0.4) is 0 Å². The van der Waals surface area contributed by atoms with Crippen molar-refractivity contribution in [2.45, 2.75) is 44.7 Å². The third-order valence-corrected chi connectivity index (χ3v) is 4.47. The maximum Gasteiger partial charge on any atom is 0.223 e. The molecule has 3 atom stereocenters. The number of thiophene rings is 1. The van der Waals surface area contributed by atoms with Gasteiger partial charge < -0.3 is 11.1 Å². The van der Waals surface area contributed by atoms with Crippen LogP contribution in [0.5, 0.6) is 0 Å². The van der Waals surface area contributed by atoms with E-state index in [9.17, 15) is 4.79 Å². The number of halogens is 1. The average Bonchev–Trinajstić information content (AvgIpc) is 2.82. The number of hydrogen-bond acceptors (Lipinski definition) is 3. The van der Waals surface area contributed by atoms with E-state index in [-0.39, 0.29) is 36.3 Å². The summed E-state index contributed by atoms with van der Waals surface area (Å²) in [6, 6.07) is 4.39. The Morgan fingerprint density at radius 1 is 1.56 bits per heavy atom. The number of nitrogens with one attached hydrogen (secondary N) is 1. The Bertz CT molecular complexity index is 369. The van der Waals surface area contributed by atoms with Crippen molar-refractivity contribution >= 4 is 29.7 Å². The summed E-state index contributed by atoms with van der Waals surface area (Å²) < 4.78 is 0. The summed E-state index contributed by atoms with van der Waals surface area (Å²) in [4.78, 5) is 13.3. The summed E-state index contributed by atoms with van der Waals surface area (Å²) in [5.74, 6) is 0.280. The summed E-state index contributed by atoms with van der Waals surface area (Å²) in [6.45, 7) is 2.03. The minimum absolute atomic E-state index is 0. The third kappa shape index (κ3) is 3.97. The van der Waals surface area contributed by atoms with Crippen molar-refractivity contribution < 1.29 is 4.79 Å². The Kier molecular flexibility index (Phi) is 6.12. The van der Waals surface area contributed by atoms with Gasteiger partial charge in [-0.05, 0) is 37.6 Å². The van der Waals surface area contributed by atoms with Crippen LogP contribution in [-0.4, -0.2) is 11.9 Å². The molecule has 1 aliphatic carbocycles. The summed E-state index contributed by atoms with van der Waals surface area (Å²) in [5.41, 5.74) is 5.91. The molecule has 18 heavy (non-hydrogen) atoms. The molecule has 0 spiro atoms. The van der Waals surface area contributed by atoms with Gasteiger partial charge in [-0.15, -0.1) is 23.7 Å². The third-order valence-electron chi connectivity index (χ3n) is 3.41. The fourth-order valence-electron chi connectivity index (χ4n) is 2.41. The molecule has 5 heteroatoms. The second kappa shape index (κ2) is 7.12. The van der Waals surface area contributed by atoms with Crippen LogP contribution >= 0.6 is 23.7 Å². The van der Waals surface area contributed by atoms with Gasteiger partial charge in [0.15, 0.2) is 0 Å². The summed E-state index contributed by atoms with van der Waals surface area (Å²) in [5, 5.41) is 5.12. The zero-order valence-electron chi connectivity index (χ0n) is 10.6. The molecule has 1 heterocycles. The molecule has 0 aromatic carbocycles. The van der Waals surface area contributed by atoms with Crippen LogP contribution in [0.15, 0.2) is 17.5 Å². The van der Waals surface area contributed by atoms with Crippen molar-refractivity contribution in [1.29, 1.82) is 0 Å². The van der Waals surface area contributed by atoms with Gasteiger partial charge in [-0.25, -0.2) is 0 Å². The Hall–Kier alpha value is -0.580. The standard InChI is InChI=1S/C13H20N2OS.ClH/c1-9(12-6-3-7-17-12)15-13(16)10-4-2-5-11(14)8-10;/h3,6-7,9-11H,2,4-5,8,14H2,1H3,(H,15,16);1H. The van der Waals surface area contributed by atoms with Gasteiger partial charge in [0.05, 0.1) is 6.04 Å². The normalized spacial score (nSPS) is 25.0. The van der Waals surface area contributed by atoms with Crippen molar-refractivity contribution in [3.63, 3.8) is 0 Å². The van der Waals surface area contributed by atoms with E-state index in [1.54, 1.807) is 11.3 Å². The van der Waals surface area contributed by atoms with E-state index < -0.39 is 0 Å². The molecule has 1 saturated carbocycles. The number of amides is 1. The van der Waals surface area contributed by atoms with Crippen LogP contribution in [0.4, 0.5) is 0 Å². The smallest absolute Gasteiger partial charge is 0.223 e. The fraction of sp³-hybridized carbons (Fsp3) is 0.615. The van der Waals surface area contributed by atoms with E-state index in [0.717, 1.165) is 25.7 Å². The average molecular weight is 289 g/mol. The van der Waals surface area contributed by atoms with E-state index >= 15 is 0 Å². The number of carbonyl (C=O) groups is 1. The Morgan fingerprint density at radius 2 is 2.33 bits per heavy atom. The van der Waals surface area contributed by atoms with Crippen molar-refractivity contribution in [1.82, 2.24) is 5.32 Å². The first-order valence-corrected chi connectivity index (χ1v) is 7.14. The molecule has 0 radical (unpaired) electrons. The molecule has 102 valence electrons. The van der Waals surface area contributed by atoms with Gasteiger partial charge in [0.25, 0.3) is 0 Å². The highest BCUT2D eigenvalue weighted by Gasteiger charge is 2.26. The first-order chi connectivity index (χ1) is 8.16. The summed E-state index contributed by atoms with van der Waals surface area (Å²) >= 11 is 1.68. The highest BCUT2D eigenvalue weighted by Crippen LogP contribution is 2.25. The monoisotopic (exact) mass is 288 g/mol. The SMILES string of the molecule is CC(NC(=O)C1CCCC(N)C1)c1cccs1.Cl. The van der Waals surface area contributed by atoms with Crippen LogP contribution in [-0.2, 0) is 4.79 Å². The zero-order chi connectivity index (χ0) is 12.3. The van der Waals surface area contributed by atoms with Gasteiger partial charge >= 0.3 is 0 Å². The Balaban J connectivity index is 0.00000162. The first kappa shape index (κ1) is 15.5. The molecular weight excluding hydrogens is 268 g/mol. The second-order valence-corrected chi connectivity index (χ2v) is 5.85. The maximum atomic E-state index is 12.1. The Labute approximate surface area is 119 Å². The van der Waals surface area contributed by atoms with Gasteiger partial charge in [-0.2, -0.15) is 0 Å². The molecule has 0 aliphatic heterocycles. The van der Waals surface area contributed by atoms with Gasteiger partial charge in [0, 0.05) is 16.8 Å². The zero-order valence-corrected chi connectivity index (χ0v) is 12.2. The fourth-order valence-corrected chi connectivity index (χ4v) is 3.14. The molecule has 2 rings (SSSR count). The lowest BCUT2D eigenvalue weighted by Crippen LogP contribution is -2.38. The van der Waals surface area contributed by atoms with Crippen LogP contribution in [0.1, 0.15) is 43.5 Å². The van der Waals surface area contributed by atoms with E-state index in [2.05, 4.69) is 11.4 Å². The number of hydrogen-bond donors (Lipinski definition) is 2. The highest BCUT2D eigenvalue weighted by molar-refractivity contribution is 7.10. The van der Waals surface area contributed by atoms with Gasteiger partial charge in [0.1, 0.15) is 0 Å². The van der Waals surface area contributed by atoms with Crippen LogP contribution in [0, 0.1) is 5.92 Å². The van der Waals surface area contributed by atoms with Crippen LogP contribution in [0.2, 0.25) is 0 Å². The van der Waals surface area contributed by atoms with E-state index in [1.165, 1.54) is 4.88 Å². The molecule has 1 amide bonds. The van der Waals surface area contributed by atoms with Crippen molar-refractivity contribution in [2.24, 2.45) is 11.7 Å². The molecule has 1 aliphatic rings. The Morgan fingerprint density at radius 3 is 2.94 bits per heavy atom. The lowest BCUT2D eigenvalue weighted by atomic mass is 9.85. The molecule has 0 saturated heterocycles. The quantitative estimate of drug-likeness (QED) is 0.898. The predicted octanol–water partition coefficient (Wildman–Crippen LogP) is 2.86. The molecule has 0 bridgehead atoms. The second-order valence-electron chi connectivity index (χ2n) is 4.87. The molecule has 1 fully saturated rings. The molecule has 3 nitrogen and oxygen atoms in total. The van der Waals surface area contributed by atoms with Gasteiger partial charge in [-0.3, -0.25) is 4.79 Å². The van der Waals surface area contributed by atoms with E-state index in [1.807, 2.05) is 18.4 Å². The molecule has 1 aromatic rings. The minimum Gasteiger partial charge on any atom is -0.349 e. The first-order valence-electron chi connectivity index (χ1n) is 6.26. The van der Waals surface area contributed by atoms with Crippen molar-refractivity contribution in [3.05, 3.63) is 22.4 Å². The molecule has 1 aromatic heterocycles. The number of carbonyl (C=O) groups excluding carboxylic acids is 1.